The van der Waals surface area contributed by atoms with Gasteiger partial charge in [0.05, 0.1) is 28.5 Å². The fourth-order valence-electron chi connectivity index (χ4n) is 1.87. The Morgan fingerprint density at radius 1 is 1.21 bits per heavy atom. The zero-order chi connectivity index (χ0) is 21.6. The first kappa shape index (κ1) is 24.3. The topological polar surface area (TPSA) is 150 Å². The van der Waals surface area contributed by atoms with Crippen LogP contribution < -0.4 is 16.4 Å². The number of para-hydroxylation sites is 1. The lowest BCUT2D eigenvalue weighted by Crippen LogP contribution is -2.26. The highest BCUT2D eigenvalue weighted by Crippen LogP contribution is 2.29. The van der Waals surface area contributed by atoms with Crippen LogP contribution in [0.1, 0.15) is 23.4 Å². The smallest absolute Gasteiger partial charge is 0.371 e. The Kier molecular flexibility index (Phi) is 11.2. The molecule has 0 saturated carbocycles. The highest BCUT2D eigenvalue weighted by Gasteiger charge is 2.10. The number of nitrogens with one attached hydrogen (secondary N) is 2. The summed E-state index contributed by atoms with van der Waals surface area (Å²) in [6, 6.07) is 8.29. The van der Waals surface area contributed by atoms with E-state index in [4.69, 9.17) is 39.1 Å². The Bertz CT molecular complexity index is 792. The average Bonchev–Trinajstić information content (AvgIpc) is 3.38. The maximum absolute atomic E-state index is 9.97. The van der Waals surface area contributed by atoms with Gasteiger partial charge in [-0.25, -0.2) is 4.79 Å². The van der Waals surface area contributed by atoms with Crippen molar-refractivity contribution >= 4 is 46.8 Å². The van der Waals surface area contributed by atoms with Crippen LogP contribution in [0, 0.1) is 0 Å². The maximum atomic E-state index is 9.97. The molecule has 29 heavy (non-hydrogen) atoms. The largest absolute Gasteiger partial charge is 0.481 e. The number of aliphatic imine (C=N–C) groups is 1. The average molecular weight is 445 g/mol. The van der Waals surface area contributed by atoms with Gasteiger partial charge in [0.15, 0.2) is 5.96 Å². The van der Waals surface area contributed by atoms with Crippen molar-refractivity contribution in [2.24, 2.45) is 10.7 Å². The molecular weight excluding hydrogens is 423 g/mol. The van der Waals surface area contributed by atoms with E-state index in [-0.39, 0.29) is 12.2 Å². The summed E-state index contributed by atoms with van der Waals surface area (Å²) in [5.74, 6) is -1.11. The lowest BCUT2D eigenvalue weighted by atomic mass is 10.3. The first-order chi connectivity index (χ1) is 13.8. The van der Waals surface area contributed by atoms with Crippen molar-refractivity contribution in [3.63, 3.8) is 0 Å². The van der Waals surface area contributed by atoms with E-state index in [1.165, 1.54) is 18.4 Å². The van der Waals surface area contributed by atoms with Crippen LogP contribution in [0.25, 0.3) is 0 Å². The van der Waals surface area contributed by atoms with Gasteiger partial charge >= 0.3 is 11.9 Å². The van der Waals surface area contributed by atoms with Gasteiger partial charge in [0, 0.05) is 13.0 Å². The zero-order valence-corrected chi connectivity index (χ0v) is 16.9. The van der Waals surface area contributed by atoms with E-state index in [9.17, 15) is 9.59 Å². The first-order valence-electron chi connectivity index (χ1n) is 8.53. The van der Waals surface area contributed by atoms with Gasteiger partial charge in [-0.05, 0) is 37.2 Å². The third-order valence-electron chi connectivity index (χ3n) is 3.21. The Hall–Kier alpha value is -2.75. The third kappa shape index (κ3) is 9.84. The second kappa shape index (κ2) is 13.4. The molecule has 0 atom stereocenters. The fourth-order valence-corrected chi connectivity index (χ4v) is 2.36. The molecule has 2 heterocycles. The van der Waals surface area contributed by atoms with Crippen LogP contribution in [0.3, 0.4) is 0 Å². The van der Waals surface area contributed by atoms with Crippen molar-refractivity contribution in [2.75, 3.05) is 25.0 Å². The van der Waals surface area contributed by atoms with Crippen molar-refractivity contribution in [1.29, 1.82) is 0 Å². The highest BCUT2D eigenvalue weighted by atomic mass is 35.5. The molecule has 1 aromatic carbocycles. The number of furan rings is 1. The molecule has 0 amide bonds. The summed E-state index contributed by atoms with van der Waals surface area (Å²) in [7, 11) is 0. The Morgan fingerprint density at radius 2 is 1.90 bits per heavy atom. The summed E-state index contributed by atoms with van der Waals surface area (Å²) in [5.41, 5.74) is 5.71. The van der Waals surface area contributed by atoms with Crippen LogP contribution in [0.4, 0.5) is 5.69 Å². The molecule has 0 unspecified atom stereocenters. The molecule has 6 N–H and O–H groups in total. The van der Waals surface area contributed by atoms with Crippen molar-refractivity contribution in [3.05, 3.63) is 52.4 Å². The SMILES string of the molecule is Clc1cccc(Cl)c1NC1=NCCN1.NCCCC(=O)O.O=C(O)c1ccco1. The molecule has 158 valence electrons. The molecule has 0 fully saturated rings. The van der Waals surface area contributed by atoms with E-state index in [0.717, 1.165) is 19.0 Å². The molecule has 2 aromatic rings. The standard InChI is InChI=1S/C9H9Cl2N3.C5H4O3.C4H9NO2/c10-6-2-1-3-7(11)8(6)14-9-12-4-5-13-9;6-5(7)4-2-1-3-8-4;5-3-1-2-4(6)7/h1-3H,4-5H2,(H2,12,13,14);1-3H,(H,6,7);1-3,5H2,(H,6,7). The van der Waals surface area contributed by atoms with Gasteiger partial charge in [-0.2, -0.15) is 0 Å². The van der Waals surface area contributed by atoms with Gasteiger partial charge in [-0.1, -0.05) is 29.3 Å². The van der Waals surface area contributed by atoms with Crippen molar-refractivity contribution in [2.45, 2.75) is 12.8 Å². The number of aromatic carboxylic acids is 1. The number of halogens is 2. The Balaban J connectivity index is 0.000000240. The van der Waals surface area contributed by atoms with Gasteiger partial charge in [-0.3, -0.25) is 9.79 Å². The molecule has 0 spiro atoms. The molecule has 1 aliphatic heterocycles. The van der Waals surface area contributed by atoms with Gasteiger partial charge in [0.1, 0.15) is 0 Å². The van der Waals surface area contributed by atoms with Gasteiger partial charge in [0.2, 0.25) is 5.76 Å². The normalized spacial score (nSPS) is 11.8. The number of aliphatic carboxylic acids is 1. The molecule has 11 heteroatoms. The predicted molar refractivity (Wildman–Crippen MR) is 112 cm³/mol. The molecule has 9 nitrogen and oxygen atoms in total. The number of carbonyl (C=O) groups is 2. The summed E-state index contributed by atoms with van der Waals surface area (Å²) in [5, 5.41) is 23.5. The summed E-state index contributed by atoms with van der Waals surface area (Å²) in [4.78, 5) is 23.9. The van der Waals surface area contributed by atoms with Crippen LogP contribution >= 0.6 is 23.2 Å². The number of carboxylic acid groups (broad SMARTS) is 2. The van der Waals surface area contributed by atoms with E-state index in [2.05, 4.69) is 20.0 Å². The van der Waals surface area contributed by atoms with Gasteiger partial charge in [-0.15, -0.1) is 0 Å². The van der Waals surface area contributed by atoms with E-state index in [0.29, 0.717) is 28.7 Å². The second-order valence-electron chi connectivity index (χ2n) is 5.45. The lowest BCUT2D eigenvalue weighted by molar-refractivity contribution is -0.137. The molecule has 0 radical (unpaired) electrons. The number of carboxylic acids is 2. The molecule has 0 aliphatic carbocycles. The fraction of sp³-hybridized carbons (Fsp3) is 0.278. The molecular formula is C18H22Cl2N4O5. The van der Waals surface area contributed by atoms with E-state index >= 15 is 0 Å². The summed E-state index contributed by atoms with van der Waals surface area (Å²) in [6.07, 6.45) is 2.09. The van der Waals surface area contributed by atoms with Crippen molar-refractivity contribution in [3.8, 4) is 0 Å². The minimum absolute atomic E-state index is 0.0231. The molecule has 0 saturated heterocycles. The Morgan fingerprint density at radius 3 is 2.28 bits per heavy atom. The summed E-state index contributed by atoms with van der Waals surface area (Å²) < 4.78 is 4.50. The minimum Gasteiger partial charge on any atom is -0.481 e. The van der Waals surface area contributed by atoms with Crippen LogP contribution in [-0.2, 0) is 4.79 Å². The number of nitrogens with two attached hydrogens (primary N) is 1. The highest BCUT2D eigenvalue weighted by molar-refractivity contribution is 6.39. The van der Waals surface area contributed by atoms with E-state index in [1.807, 2.05) is 0 Å². The maximum Gasteiger partial charge on any atom is 0.371 e. The molecule has 1 aromatic heterocycles. The van der Waals surface area contributed by atoms with Gasteiger partial charge in [0.25, 0.3) is 0 Å². The number of hydrogen-bond acceptors (Lipinski definition) is 7. The van der Waals surface area contributed by atoms with Crippen LogP contribution in [-0.4, -0.2) is 47.7 Å². The number of rotatable bonds is 5. The summed E-state index contributed by atoms with van der Waals surface area (Å²) in [6.45, 7) is 2.10. The summed E-state index contributed by atoms with van der Waals surface area (Å²) >= 11 is 12.0. The third-order valence-corrected chi connectivity index (χ3v) is 3.84. The molecule has 1 aliphatic rings. The monoisotopic (exact) mass is 444 g/mol. The first-order valence-corrected chi connectivity index (χ1v) is 9.28. The van der Waals surface area contributed by atoms with E-state index < -0.39 is 11.9 Å². The van der Waals surface area contributed by atoms with Crippen LogP contribution in [0.5, 0.6) is 0 Å². The second-order valence-corrected chi connectivity index (χ2v) is 6.26. The number of benzene rings is 1. The quantitative estimate of drug-likeness (QED) is 0.471. The van der Waals surface area contributed by atoms with Crippen molar-refractivity contribution < 1.29 is 24.2 Å². The lowest BCUT2D eigenvalue weighted by Gasteiger charge is -2.09. The molecule has 3 rings (SSSR count). The Labute approximate surface area is 177 Å². The number of hydrogen-bond donors (Lipinski definition) is 5. The predicted octanol–water partition coefficient (Wildman–Crippen LogP) is 3.15. The molecule has 0 bridgehead atoms. The number of guanidine groups is 1. The number of anilines is 1. The van der Waals surface area contributed by atoms with Gasteiger partial charge < -0.3 is 31.0 Å². The number of nitrogens with zero attached hydrogens (tertiary/aromatic N) is 1. The van der Waals surface area contributed by atoms with E-state index in [1.54, 1.807) is 18.2 Å². The van der Waals surface area contributed by atoms with Crippen LogP contribution in [0.2, 0.25) is 10.0 Å². The zero-order valence-electron chi connectivity index (χ0n) is 15.4. The minimum atomic E-state index is -1.03. The van der Waals surface area contributed by atoms with Crippen molar-refractivity contribution in [1.82, 2.24) is 5.32 Å². The van der Waals surface area contributed by atoms with Crippen LogP contribution in [0.15, 0.2) is 46.0 Å².